The Morgan fingerprint density at radius 2 is 1.93 bits per heavy atom. The summed E-state index contributed by atoms with van der Waals surface area (Å²) < 4.78 is 12.6. The van der Waals surface area contributed by atoms with Crippen LogP contribution in [0.4, 0.5) is 0 Å². The monoisotopic (exact) mass is 391 g/mol. The van der Waals surface area contributed by atoms with E-state index in [-0.39, 0.29) is 5.91 Å². The van der Waals surface area contributed by atoms with Gasteiger partial charge in [0.1, 0.15) is 11.5 Å². The van der Waals surface area contributed by atoms with Crippen molar-refractivity contribution in [3.8, 4) is 17.1 Å². The van der Waals surface area contributed by atoms with Gasteiger partial charge in [-0.25, -0.2) is 0 Å². The van der Waals surface area contributed by atoms with Crippen molar-refractivity contribution < 1.29 is 13.9 Å². The number of thiophene rings is 1. The van der Waals surface area contributed by atoms with Gasteiger partial charge in [-0.05, 0) is 31.5 Å². The molecule has 0 aliphatic carbocycles. The molecule has 4 aromatic rings. The fraction of sp³-hybridized carbons (Fsp3) is 0.174. The first kappa shape index (κ1) is 18.3. The smallest absolute Gasteiger partial charge is 0.256 e. The molecule has 2 aromatic heterocycles. The minimum atomic E-state index is -0.125. The molecular formula is C23H21NO3S. The summed E-state index contributed by atoms with van der Waals surface area (Å²) in [5.74, 6) is 1.46. The third-order valence-electron chi connectivity index (χ3n) is 4.49. The highest BCUT2D eigenvalue weighted by Crippen LogP contribution is 2.37. The van der Waals surface area contributed by atoms with Crippen LogP contribution >= 0.6 is 11.3 Å². The Bertz CT molecular complexity index is 1110. The molecule has 0 fully saturated rings. The molecule has 4 rings (SSSR count). The normalized spacial score (nSPS) is 10.9. The van der Waals surface area contributed by atoms with Gasteiger partial charge in [0, 0.05) is 23.1 Å². The summed E-state index contributed by atoms with van der Waals surface area (Å²) in [5, 5.41) is 3.00. The van der Waals surface area contributed by atoms with Crippen LogP contribution in [0, 0.1) is 6.92 Å². The van der Waals surface area contributed by atoms with Crippen molar-refractivity contribution in [2.45, 2.75) is 20.4 Å². The second kappa shape index (κ2) is 7.90. The molecule has 142 valence electrons. The average molecular weight is 391 g/mol. The van der Waals surface area contributed by atoms with E-state index in [1.54, 1.807) is 11.3 Å². The Hall–Kier alpha value is -3.05. The number of nitrogens with one attached hydrogen (secondary N) is 1. The van der Waals surface area contributed by atoms with Crippen molar-refractivity contribution in [2.24, 2.45) is 0 Å². The van der Waals surface area contributed by atoms with E-state index in [0.717, 1.165) is 32.2 Å². The molecule has 0 unspecified atom stereocenters. The second-order valence-electron chi connectivity index (χ2n) is 6.47. The van der Waals surface area contributed by atoms with E-state index in [2.05, 4.69) is 5.32 Å². The number of fused-ring (bicyclic) bond motifs is 1. The second-order valence-corrected chi connectivity index (χ2v) is 7.72. The molecular weight excluding hydrogens is 370 g/mol. The zero-order valence-corrected chi connectivity index (χ0v) is 16.6. The van der Waals surface area contributed by atoms with Crippen LogP contribution in [0.1, 0.15) is 27.7 Å². The molecule has 4 nitrogen and oxygen atoms in total. The lowest BCUT2D eigenvalue weighted by molar-refractivity contribution is 0.0951. The van der Waals surface area contributed by atoms with Crippen molar-refractivity contribution in [1.82, 2.24) is 5.32 Å². The van der Waals surface area contributed by atoms with Crippen LogP contribution in [0.25, 0.3) is 21.6 Å². The molecule has 2 aromatic carbocycles. The van der Waals surface area contributed by atoms with E-state index in [0.29, 0.717) is 24.3 Å². The topological polar surface area (TPSA) is 51.5 Å². The van der Waals surface area contributed by atoms with Gasteiger partial charge >= 0.3 is 0 Å². The van der Waals surface area contributed by atoms with E-state index in [9.17, 15) is 4.79 Å². The molecule has 1 N–H and O–H groups in total. The molecule has 28 heavy (non-hydrogen) atoms. The predicted molar refractivity (Wildman–Crippen MR) is 113 cm³/mol. The molecule has 0 saturated heterocycles. The van der Waals surface area contributed by atoms with E-state index in [4.69, 9.17) is 9.15 Å². The number of hydrogen-bond donors (Lipinski definition) is 1. The Morgan fingerprint density at radius 3 is 2.71 bits per heavy atom. The number of furan rings is 1. The number of hydrogen-bond acceptors (Lipinski definition) is 4. The number of ether oxygens (including phenoxy) is 1. The van der Waals surface area contributed by atoms with Crippen LogP contribution in [0.3, 0.4) is 0 Å². The van der Waals surface area contributed by atoms with Crippen molar-refractivity contribution >= 4 is 27.5 Å². The Labute approximate surface area is 167 Å². The molecule has 1 amide bonds. The zero-order chi connectivity index (χ0) is 19.5. The first-order valence-electron chi connectivity index (χ1n) is 9.24. The summed E-state index contributed by atoms with van der Waals surface area (Å²) in [4.78, 5) is 13.8. The van der Waals surface area contributed by atoms with Crippen molar-refractivity contribution in [3.05, 3.63) is 76.7 Å². The number of rotatable bonds is 6. The Kier molecular flexibility index (Phi) is 5.17. The molecule has 0 bridgehead atoms. The van der Waals surface area contributed by atoms with Gasteiger partial charge in [-0.15, -0.1) is 11.3 Å². The largest absolute Gasteiger partial charge is 0.494 e. The Balaban J connectivity index is 1.56. The predicted octanol–water partition coefficient (Wildman–Crippen LogP) is 5.80. The number of carbonyl (C=O) groups excluding carboxylic acids is 1. The summed E-state index contributed by atoms with van der Waals surface area (Å²) in [6, 6.07) is 19.7. The van der Waals surface area contributed by atoms with Crippen LogP contribution in [0.15, 0.2) is 65.1 Å². The summed E-state index contributed by atoms with van der Waals surface area (Å²) in [6.07, 6.45) is 0. The lowest BCUT2D eigenvalue weighted by Crippen LogP contribution is -2.23. The SMILES string of the molecule is CCOc1cccc(CNC(=O)c2c(C)sc3cc(-c4ccccc4)oc23)c1. The minimum absolute atomic E-state index is 0.125. The average Bonchev–Trinajstić information content (AvgIpc) is 3.24. The number of carbonyl (C=O) groups is 1. The van der Waals surface area contributed by atoms with E-state index in [1.807, 2.05) is 74.5 Å². The summed E-state index contributed by atoms with van der Waals surface area (Å²) in [5.41, 5.74) is 3.26. The molecule has 5 heteroatoms. The third kappa shape index (κ3) is 3.66. The van der Waals surface area contributed by atoms with E-state index < -0.39 is 0 Å². The highest BCUT2D eigenvalue weighted by atomic mass is 32.1. The molecule has 0 saturated carbocycles. The maximum Gasteiger partial charge on any atom is 0.256 e. The van der Waals surface area contributed by atoms with Gasteiger partial charge in [0.2, 0.25) is 0 Å². The van der Waals surface area contributed by atoms with Crippen LogP contribution < -0.4 is 10.1 Å². The van der Waals surface area contributed by atoms with Crippen molar-refractivity contribution in [3.63, 3.8) is 0 Å². The molecule has 0 spiro atoms. The van der Waals surface area contributed by atoms with Gasteiger partial charge in [0.25, 0.3) is 5.91 Å². The van der Waals surface area contributed by atoms with Crippen LogP contribution in [0.5, 0.6) is 5.75 Å². The van der Waals surface area contributed by atoms with Gasteiger partial charge in [0.05, 0.1) is 16.9 Å². The minimum Gasteiger partial charge on any atom is -0.494 e. The van der Waals surface area contributed by atoms with Crippen LogP contribution in [-0.4, -0.2) is 12.5 Å². The van der Waals surface area contributed by atoms with Crippen LogP contribution in [-0.2, 0) is 6.54 Å². The third-order valence-corrected chi connectivity index (χ3v) is 5.52. The maximum atomic E-state index is 12.9. The van der Waals surface area contributed by atoms with E-state index in [1.165, 1.54) is 0 Å². The molecule has 0 aliphatic rings. The molecule has 0 radical (unpaired) electrons. The lowest BCUT2D eigenvalue weighted by atomic mass is 10.2. The fourth-order valence-electron chi connectivity index (χ4n) is 3.19. The van der Waals surface area contributed by atoms with Crippen LogP contribution in [0.2, 0.25) is 0 Å². The first-order chi connectivity index (χ1) is 13.7. The van der Waals surface area contributed by atoms with Gasteiger partial charge < -0.3 is 14.5 Å². The van der Waals surface area contributed by atoms with Gasteiger partial charge in [-0.1, -0.05) is 42.5 Å². The van der Waals surface area contributed by atoms with E-state index >= 15 is 0 Å². The summed E-state index contributed by atoms with van der Waals surface area (Å²) in [6.45, 7) is 4.95. The van der Waals surface area contributed by atoms with Gasteiger partial charge in [-0.3, -0.25) is 4.79 Å². The molecule has 0 aliphatic heterocycles. The number of benzene rings is 2. The molecule has 2 heterocycles. The van der Waals surface area contributed by atoms with Crippen molar-refractivity contribution in [1.29, 1.82) is 0 Å². The standard InChI is InChI=1S/C23H21NO3S/c1-3-26-18-11-7-8-16(12-18)14-24-23(25)21-15(2)28-20-13-19(27-22(20)21)17-9-5-4-6-10-17/h4-13H,3,14H2,1-2H3,(H,24,25). The zero-order valence-electron chi connectivity index (χ0n) is 15.8. The highest BCUT2D eigenvalue weighted by molar-refractivity contribution is 7.19. The first-order valence-corrected chi connectivity index (χ1v) is 10.1. The summed E-state index contributed by atoms with van der Waals surface area (Å²) >= 11 is 1.58. The van der Waals surface area contributed by atoms with Gasteiger partial charge in [0.15, 0.2) is 5.58 Å². The number of aryl methyl sites for hydroxylation is 1. The Morgan fingerprint density at radius 1 is 1.11 bits per heavy atom. The lowest BCUT2D eigenvalue weighted by Gasteiger charge is -2.08. The molecule has 0 atom stereocenters. The quantitative estimate of drug-likeness (QED) is 0.452. The number of amides is 1. The maximum absolute atomic E-state index is 12.9. The highest BCUT2D eigenvalue weighted by Gasteiger charge is 2.21. The van der Waals surface area contributed by atoms with Crippen molar-refractivity contribution in [2.75, 3.05) is 6.61 Å². The summed E-state index contributed by atoms with van der Waals surface area (Å²) in [7, 11) is 0. The van der Waals surface area contributed by atoms with Gasteiger partial charge in [-0.2, -0.15) is 0 Å². The fourth-order valence-corrected chi connectivity index (χ4v) is 4.21.